The van der Waals surface area contributed by atoms with Gasteiger partial charge in [0.05, 0.1) is 26.5 Å². The standard InChI is InChI=1S/C10H18N2O11P2.3Na/c1-5-3-12(10(15)11-9(5)14)8-2-6(13)7(22-8)4-21-25(19,20)23-24(16,17)18;;;/h5-8,13H,2-4H2,1H3,(H,19,20)(H,11,14,15)(H2,16,17,18);;;/q;3*+1/p-3. The van der Waals surface area contributed by atoms with E-state index in [1.54, 1.807) is 6.92 Å². The SMILES string of the molecule is CC1CN(C2CC(O)C(COP(=O)([O-])OP(=O)([O-])[O-])O2)C(=O)NC1=O.[Na+].[Na+].[Na+]. The molecule has 2 fully saturated rings. The molecule has 0 aliphatic carbocycles. The first-order chi connectivity index (χ1) is 11.4. The van der Waals surface area contributed by atoms with E-state index in [-0.39, 0.29) is 102 Å². The zero-order valence-corrected chi connectivity index (χ0v) is 23.6. The second-order valence-corrected chi connectivity index (χ2v) is 8.25. The second kappa shape index (κ2) is 13.0. The van der Waals surface area contributed by atoms with E-state index in [2.05, 4.69) is 14.2 Å². The molecule has 5 atom stereocenters. The predicted octanol–water partition coefficient (Wildman–Crippen LogP) is -12.0. The Bertz CT molecular complexity index is 650. The van der Waals surface area contributed by atoms with E-state index in [9.17, 15) is 38.5 Å². The molecule has 0 spiro atoms. The van der Waals surface area contributed by atoms with E-state index in [4.69, 9.17) is 4.74 Å². The van der Waals surface area contributed by atoms with Crippen LogP contribution in [-0.2, 0) is 27.5 Å². The third-order valence-corrected chi connectivity index (χ3v) is 5.62. The molecule has 0 radical (unpaired) electrons. The minimum absolute atomic E-state index is 0. The van der Waals surface area contributed by atoms with Crippen LogP contribution in [0.15, 0.2) is 0 Å². The zero-order valence-electron chi connectivity index (χ0n) is 15.8. The summed E-state index contributed by atoms with van der Waals surface area (Å²) in [4.78, 5) is 56.1. The Hall–Kier alpha value is 2.12. The van der Waals surface area contributed by atoms with E-state index in [1.807, 2.05) is 0 Å². The third-order valence-electron chi connectivity index (χ3n) is 3.56. The summed E-state index contributed by atoms with van der Waals surface area (Å²) in [6, 6.07) is -0.724. The number of urea groups is 1. The number of phosphoric acid groups is 2. The number of phosphoric ester groups is 1. The summed E-state index contributed by atoms with van der Waals surface area (Å²) in [6.45, 7) is 0.784. The number of carbonyl (C=O) groups excluding carboxylic acids is 2. The topological polar surface area (TPSA) is 201 Å². The summed E-state index contributed by atoms with van der Waals surface area (Å²) in [6.07, 6.45) is -3.50. The monoisotopic (exact) mass is 470 g/mol. The second-order valence-electron chi connectivity index (χ2n) is 5.55. The number of carbonyl (C=O) groups is 2. The van der Waals surface area contributed by atoms with Crippen molar-refractivity contribution >= 4 is 27.6 Å². The Morgan fingerprint density at radius 3 is 2.36 bits per heavy atom. The molecule has 2 heterocycles. The van der Waals surface area contributed by atoms with Gasteiger partial charge in [0, 0.05) is 13.0 Å². The molecule has 18 heteroatoms. The maximum Gasteiger partial charge on any atom is 1.00 e. The van der Waals surface area contributed by atoms with Gasteiger partial charge in [-0.1, -0.05) is 6.92 Å². The van der Waals surface area contributed by atoms with Crippen LogP contribution in [0.1, 0.15) is 13.3 Å². The number of nitrogens with one attached hydrogen (secondary N) is 1. The van der Waals surface area contributed by atoms with E-state index in [0.29, 0.717) is 0 Å². The molecule has 5 unspecified atom stereocenters. The van der Waals surface area contributed by atoms with Crippen LogP contribution in [0.4, 0.5) is 4.79 Å². The molecule has 144 valence electrons. The van der Waals surface area contributed by atoms with Crippen molar-refractivity contribution in [1.29, 1.82) is 0 Å². The van der Waals surface area contributed by atoms with E-state index < -0.39 is 58.5 Å². The Kier molecular flexibility index (Phi) is 15.0. The van der Waals surface area contributed by atoms with Crippen molar-refractivity contribution in [2.24, 2.45) is 5.92 Å². The maximum atomic E-state index is 11.8. The predicted molar refractivity (Wildman–Crippen MR) is 70.9 cm³/mol. The third kappa shape index (κ3) is 9.72. The molecule has 28 heavy (non-hydrogen) atoms. The molecule has 2 saturated heterocycles. The van der Waals surface area contributed by atoms with E-state index in [1.165, 1.54) is 0 Å². The number of rotatable bonds is 6. The Balaban J connectivity index is 0. The summed E-state index contributed by atoms with van der Waals surface area (Å²) in [5.74, 6) is -0.962. The number of ether oxygens (including phenoxy) is 1. The molecular formula is C10H15N2Na3O11P2. The van der Waals surface area contributed by atoms with Crippen molar-refractivity contribution in [3.05, 3.63) is 0 Å². The number of imide groups is 1. The van der Waals surface area contributed by atoms with Crippen LogP contribution in [0.5, 0.6) is 0 Å². The Labute approximate surface area is 227 Å². The molecule has 0 aromatic carbocycles. The quantitative estimate of drug-likeness (QED) is 0.276. The molecule has 0 bridgehead atoms. The van der Waals surface area contributed by atoms with Gasteiger partial charge >= 0.3 is 94.7 Å². The molecule has 2 aliphatic rings. The number of hydrogen-bond donors (Lipinski definition) is 2. The van der Waals surface area contributed by atoms with Crippen LogP contribution in [0.2, 0.25) is 0 Å². The fraction of sp³-hybridized carbons (Fsp3) is 0.800. The van der Waals surface area contributed by atoms with Gasteiger partial charge in [-0.3, -0.25) is 23.9 Å². The van der Waals surface area contributed by atoms with Crippen molar-refractivity contribution in [2.75, 3.05) is 13.2 Å². The van der Waals surface area contributed by atoms with Crippen molar-refractivity contribution in [3.63, 3.8) is 0 Å². The van der Waals surface area contributed by atoms with E-state index >= 15 is 0 Å². The number of amides is 3. The van der Waals surface area contributed by atoms with Crippen LogP contribution in [0.25, 0.3) is 0 Å². The van der Waals surface area contributed by atoms with E-state index in [0.717, 1.165) is 4.90 Å². The van der Waals surface area contributed by atoms with Crippen molar-refractivity contribution in [3.8, 4) is 0 Å². The summed E-state index contributed by atoms with van der Waals surface area (Å²) < 4.78 is 34.3. The number of aliphatic hydroxyl groups is 1. The van der Waals surface area contributed by atoms with Gasteiger partial charge in [0.1, 0.15) is 12.3 Å². The van der Waals surface area contributed by atoms with Crippen molar-refractivity contribution < 1.29 is 141 Å². The zero-order chi connectivity index (χ0) is 19.0. The van der Waals surface area contributed by atoms with Gasteiger partial charge in [-0.25, -0.2) is 4.79 Å². The van der Waals surface area contributed by atoms with Crippen LogP contribution in [-0.4, -0.2) is 53.5 Å². The van der Waals surface area contributed by atoms with Gasteiger partial charge in [-0.05, 0) is 0 Å². The summed E-state index contributed by atoms with van der Waals surface area (Å²) in [5, 5.41) is 12.0. The first-order valence-electron chi connectivity index (χ1n) is 7.02. The normalized spacial score (nSPS) is 29.7. The molecular weight excluding hydrogens is 455 g/mol. The van der Waals surface area contributed by atoms with Crippen LogP contribution in [0.3, 0.4) is 0 Å². The molecule has 2 N–H and O–H groups in total. The Morgan fingerprint density at radius 2 is 1.82 bits per heavy atom. The van der Waals surface area contributed by atoms with Gasteiger partial charge in [-0.2, -0.15) is 0 Å². The molecule has 13 nitrogen and oxygen atoms in total. The average Bonchev–Trinajstić information content (AvgIpc) is 2.79. The van der Waals surface area contributed by atoms with Crippen molar-refractivity contribution in [2.45, 2.75) is 31.8 Å². The van der Waals surface area contributed by atoms with Gasteiger partial charge in [0.15, 0.2) is 0 Å². The largest absolute Gasteiger partial charge is 1.00 e. The first-order valence-corrected chi connectivity index (χ1v) is 9.94. The average molecular weight is 470 g/mol. The fourth-order valence-electron chi connectivity index (χ4n) is 2.38. The van der Waals surface area contributed by atoms with Gasteiger partial charge < -0.3 is 33.6 Å². The molecule has 0 aromatic heterocycles. The minimum atomic E-state index is -5.82. The first kappa shape index (κ1) is 32.3. The van der Waals surface area contributed by atoms with Gasteiger partial charge in [0.25, 0.3) is 7.82 Å². The summed E-state index contributed by atoms with van der Waals surface area (Å²) in [7, 11) is -11.3. The fourth-order valence-corrected chi connectivity index (χ4v) is 3.88. The van der Waals surface area contributed by atoms with Crippen LogP contribution in [0, 0.1) is 5.92 Å². The molecule has 2 rings (SSSR count). The van der Waals surface area contributed by atoms with Crippen LogP contribution < -0.4 is 109 Å². The number of nitrogens with zero attached hydrogens (tertiary/aromatic N) is 1. The Morgan fingerprint density at radius 1 is 1.25 bits per heavy atom. The number of hydrogen-bond acceptors (Lipinski definition) is 11. The van der Waals surface area contributed by atoms with Crippen LogP contribution >= 0.6 is 15.6 Å². The smallest absolute Gasteiger partial charge is 0.790 e. The van der Waals surface area contributed by atoms with Gasteiger partial charge in [-0.15, -0.1) is 0 Å². The molecule has 2 aliphatic heterocycles. The van der Waals surface area contributed by atoms with Gasteiger partial charge in [0.2, 0.25) is 5.91 Å². The number of aliphatic hydroxyl groups excluding tert-OH is 1. The molecule has 0 aromatic rings. The summed E-state index contributed by atoms with van der Waals surface area (Å²) >= 11 is 0. The van der Waals surface area contributed by atoms with Crippen molar-refractivity contribution in [1.82, 2.24) is 10.2 Å². The summed E-state index contributed by atoms with van der Waals surface area (Å²) in [5.41, 5.74) is 0. The minimum Gasteiger partial charge on any atom is -0.790 e. The molecule has 3 amide bonds. The maximum absolute atomic E-state index is 11.8. The molecule has 0 saturated carbocycles.